The molecule has 3 rings (SSSR count). The fourth-order valence-corrected chi connectivity index (χ4v) is 4.24. The van der Waals surface area contributed by atoms with Crippen LogP contribution in [-0.2, 0) is 9.53 Å². The fraction of sp³-hybridized carbons (Fsp3) is 0.571. The molecule has 2 aromatic heterocycles. The number of nitrogens with zero attached hydrogens (tertiary/aromatic N) is 3. The molecule has 1 aliphatic heterocycles. The van der Waals surface area contributed by atoms with E-state index in [2.05, 4.69) is 30.9 Å². The van der Waals surface area contributed by atoms with Crippen LogP contribution in [0.3, 0.4) is 0 Å². The van der Waals surface area contributed by atoms with Gasteiger partial charge in [0.15, 0.2) is 5.78 Å². The molecule has 0 saturated carbocycles. The maximum Gasteiger partial charge on any atom is 0.408 e. The summed E-state index contributed by atoms with van der Waals surface area (Å²) in [7, 11) is 0. The zero-order valence-corrected chi connectivity index (χ0v) is 23.1. The molecule has 212 valence electrons. The van der Waals surface area contributed by atoms with Crippen molar-refractivity contribution in [2.75, 3.05) is 23.7 Å². The van der Waals surface area contributed by atoms with E-state index in [1.807, 2.05) is 0 Å². The van der Waals surface area contributed by atoms with Gasteiger partial charge in [-0.2, -0.15) is 4.98 Å². The van der Waals surface area contributed by atoms with Crippen molar-refractivity contribution in [2.24, 2.45) is 0 Å². The highest BCUT2D eigenvalue weighted by atomic mass is 16.6. The Balaban J connectivity index is 1.72. The van der Waals surface area contributed by atoms with E-state index in [9.17, 15) is 19.5 Å². The summed E-state index contributed by atoms with van der Waals surface area (Å²) in [5.74, 6) is 0.0939. The number of carbonyl (C=O) groups excluding carboxylic acids is 2. The number of carbonyl (C=O) groups is 3. The highest BCUT2D eigenvalue weighted by Crippen LogP contribution is 2.26. The second-order valence-electron chi connectivity index (χ2n) is 10.7. The molecule has 0 saturated heterocycles. The molecule has 39 heavy (non-hydrogen) atoms. The van der Waals surface area contributed by atoms with E-state index in [1.165, 1.54) is 12.3 Å². The number of ether oxygens (including phenoxy) is 1. The largest absolute Gasteiger partial charge is 0.478 e. The van der Waals surface area contributed by atoms with Gasteiger partial charge in [0.1, 0.15) is 11.4 Å². The van der Waals surface area contributed by atoms with Gasteiger partial charge in [0.2, 0.25) is 5.95 Å². The predicted octanol–water partition coefficient (Wildman–Crippen LogP) is 5.05. The number of Topliss-reactive ketones (excluding diaryl/α,β-unsaturated/α-hetero) is 1. The zero-order valence-electron chi connectivity index (χ0n) is 23.1. The molecular weight excluding hydrogens is 500 g/mol. The molecule has 2 aromatic rings. The SMILES string of the molecule is CC(C)(C)OC(=O)N[C@H]1CCCCNc2nc(ncc2-c2ccc(C(=O)O)cn2)NCCCCCCCC1=O. The van der Waals surface area contributed by atoms with Gasteiger partial charge in [0.05, 0.1) is 22.9 Å². The van der Waals surface area contributed by atoms with Gasteiger partial charge in [0.25, 0.3) is 0 Å². The van der Waals surface area contributed by atoms with Crippen molar-refractivity contribution < 1.29 is 24.2 Å². The van der Waals surface area contributed by atoms with Gasteiger partial charge < -0.3 is 25.8 Å². The number of rotatable bonds is 3. The van der Waals surface area contributed by atoms with Crippen LogP contribution < -0.4 is 16.0 Å². The van der Waals surface area contributed by atoms with Gasteiger partial charge in [-0.25, -0.2) is 14.6 Å². The number of anilines is 2. The molecule has 1 atom stereocenters. The average Bonchev–Trinajstić information content (AvgIpc) is 2.87. The van der Waals surface area contributed by atoms with E-state index in [0.717, 1.165) is 45.1 Å². The van der Waals surface area contributed by atoms with Gasteiger partial charge in [0, 0.05) is 31.9 Å². The Hall–Kier alpha value is -3.76. The van der Waals surface area contributed by atoms with Crippen LogP contribution in [-0.4, -0.2) is 62.6 Å². The molecule has 1 aliphatic rings. The molecule has 0 spiro atoms. The summed E-state index contributed by atoms with van der Waals surface area (Å²) >= 11 is 0. The first kappa shape index (κ1) is 29.8. The number of carboxylic acid groups (broad SMARTS) is 1. The summed E-state index contributed by atoms with van der Waals surface area (Å²) in [5, 5.41) is 18.6. The van der Waals surface area contributed by atoms with Crippen molar-refractivity contribution in [3.8, 4) is 11.3 Å². The molecule has 0 aliphatic carbocycles. The lowest BCUT2D eigenvalue weighted by atomic mass is 10.00. The number of pyridine rings is 1. The van der Waals surface area contributed by atoms with Gasteiger partial charge in [-0.1, -0.05) is 19.3 Å². The summed E-state index contributed by atoms with van der Waals surface area (Å²) in [6.45, 7) is 6.68. The first-order valence-corrected chi connectivity index (χ1v) is 13.7. The minimum Gasteiger partial charge on any atom is -0.478 e. The van der Waals surface area contributed by atoms with Crippen LogP contribution in [0.25, 0.3) is 11.3 Å². The van der Waals surface area contributed by atoms with E-state index in [-0.39, 0.29) is 11.3 Å². The van der Waals surface area contributed by atoms with Crippen LogP contribution in [0.4, 0.5) is 16.6 Å². The molecular formula is C28H40N6O5. The Bertz CT molecular complexity index is 1120. The number of aromatic nitrogens is 3. The molecule has 11 heteroatoms. The zero-order chi connectivity index (χ0) is 28.3. The smallest absolute Gasteiger partial charge is 0.408 e. The minimum atomic E-state index is -1.04. The van der Waals surface area contributed by atoms with E-state index >= 15 is 0 Å². The fourth-order valence-electron chi connectivity index (χ4n) is 4.24. The standard InChI is InChI=1S/C28H40N6O5/c1-28(2,3)39-27(38)33-22-11-8-10-15-29-24-20(21-14-13-19(17-31-21)25(36)37)18-32-26(34-24)30-16-9-6-4-5-7-12-23(22)35/h13-14,17-18,22H,4-12,15-16H2,1-3H3,(H,33,38)(H,36,37)(H2,29,30,32,34)/t22-/m0/s1. The van der Waals surface area contributed by atoms with E-state index in [4.69, 9.17) is 4.74 Å². The Morgan fingerprint density at radius 1 is 0.974 bits per heavy atom. The Kier molecular flexibility index (Phi) is 11.0. The molecule has 0 aromatic carbocycles. The Morgan fingerprint density at radius 2 is 1.69 bits per heavy atom. The number of carboxylic acids is 1. The highest BCUT2D eigenvalue weighted by molar-refractivity contribution is 5.88. The van der Waals surface area contributed by atoms with Crippen molar-refractivity contribution in [3.63, 3.8) is 0 Å². The van der Waals surface area contributed by atoms with Crippen LogP contribution >= 0.6 is 0 Å². The Labute approximate surface area is 229 Å². The lowest BCUT2D eigenvalue weighted by Crippen LogP contribution is -2.43. The monoisotopic (exact) mass is 540 g/mol. The number of amides is 1. The van der Waals surface area contributed by atoms with Gasteiger partial charge >= 0.3 is 12.1 Å². The normalized spacial score (nSPS) is 18.0. The summed E-state index contributed by atoms with van der Waals surface area (Å²) in [6, 6.07) is 2.55. The molecule has 11 nitrogen and oxygen atoms in total. The topological polar surface area (TPSA) is 155 Å². The molecule has 4 N–H and O–H groups in total. The third-order valence-corrected chi connectivity index (χ3v) is 6.25. The number of hydrogen-bond acceptors (Lipinski definition) is 9. The predicted molar refractivity (Wildman–Crippen MR) is 149 cm³/mol. The van der Waals surface area contributed by atoms with Crippen LogP contribution in [0.5, 0.6) is 0 Å². The number of nitrogens with one attached hydrogen (secondary N) is 3. The van der Waals surface area contributed by atoms with Gasteiger partial charge in [-0.3, -0.25) is 9.78 Å². The molecule has 1 amide bonds. The Morgan fingerprint density at radius 3 is 2.41 bits per heavy atom. The maximum atomic E-state index is 12.9. The van der Waals surface area contributed by atoms with Gasteiger partial charge in [-0.15, -0.1) is 0 Å². The van der Waals surface area contributed by atoms with Crippen molar-refractivity contribution in [1.29, 1.82) is 0 Å². The summed E-state index contributed by atoms with van der Waals surface area (Å²) in [4.78, 5) is 49.9. The lowest BCUT2D eigenvalue weighted by Gasteiger charge is -2.23. The van der Waals surface area contributed by atoms with Crippen molar-refractivity contribution >= 4 is 29.6 Å². The number of hydrogen-bond donors (Lipinski definition) is 4. The third kappa shape index (κ3) is 10.1. The van der Waals surface area contributed by atoms with Crippen LogP contribution in [0.15, 0.2) is 24.5 Å². The summed E-state index contributed by atoms with van der Waals surface area (Å²) in [6.07, 6.45) is 9.55. The second-order valence-corrected chi connectivity index (χ2v) is 10.7. The molecule has 0 unspecified atom stereocenters. The van der Waals surface area contributed by atoms with E-state index in [0.29, 0.717) is 48.8 Å². The van der Waals surface area contributed by atoms with E-state index < -0.39 is 23.7 Å². The van der Waals surface area contributed by atoms with Crippen molar-refractivity contribution in [3.05, 3.63) is 30.1 Å². The third-order valence-electron chi connectivity index (χ3n) is 6.25. The average molecular weight is 541 g/mol. The first-order chi connectivity index (χ1) is 18.6. The van der Waals surface area contributed by atoms with Crippen LogP contribution in [0.1, 0.15) is 88.9 Å². The number of aromatic carboxylic acids is 1. The summed E-state index contributed by atoms with van der Waals surface area (Å²) in [5.41, 5.74) is 0.679. The summed E-state index contributed by atoms with van der Waals surface area (Å²) < 4.78 is 5.38. The van der Waals surface area contributed by atoms with Crippen molar-refractivity contribution in [1.82, 2.24) is 20.3 Å². The van der Waals surface area contributed by atoms with Crippen LogP contribution in [0.2, 0.25) is 0 Å². The molecule has 2 bridgehead atoms. The second kappa shape index (κ2) is 14.4. The van der Waals surface area contributed by atoms with Gasteiger partial charge in [-0.05, 0) is 65.0 Å². The molecule has 0 radical (unpaired) electrons. The van der Waals surface area contributed by atoms with Crippen LogP contribution in [0, 0.1) is 0 Å². The first-order valence-electron chi connectivity index (χ1n) is 13.7. The van der Waals surface area contributed by atoms with Crippen molar-refractivity contribution in [2.45, 2.75) is 90.2 Å². The number of alkyl carbamates (subject to hydrolysis) is 1. The molecule has 3 heterocycles. The van der Waals surface area contributed by atoms with E-state index in [1.54, 1.807) is 33.0 Å². The quantitative estimate of drug-likeness (QED) is 0.416. The molecule has 0 fully saturated rings. The number of ketones is 1. The highest BCUT2D eigenvalue weighted by Gasteiger charge is 2.24. The minimum absolute atomic E-state index is 0.0372. The maximum absolute atomic E-state index is 12.9. The lowest BCUT2D eigenvalue weighted by molar-refractivity contribution is -0.121. The number of fused-ring (bicyclic) bond motifs is 2.